The van der Waals surface area contributed by atoms with Gasteiger partial charge >= 0.3 is 5.76 Å². The summed E-state index contributed by atoms with van der Waals surface area (Å²) in [5, 5.41) is 0. The number of imidazole rings is 1. The maximum atomic E-state index is 12.6. The van der Waals surface area contributed by atoms with Crippen molar-refractivity contribution in [2.24, 2.45) is 0 Å². The normalized spacial score (nSPS) is 12.0. The van der Waals surface area contributed by atoms with E-state index in [2.05, 4.69) is 14.7 Å². The number of fused-ring (bicyclic) bond motifs is 2. The van der Waals surface area contributed by atoms with Gasteiger partial charge in [-0.25, -0.2) is 18.2 Å². The maximum absolute atomic E-state index is 12.6. The Morgan fingerprint density at radius 3 is 2.92 bits per heavy atom. The van der Waals surface area contributed by atoms with Crippen molar-refractivity contribution in [2.45, 2.75) is 11.8 Å². The van der Waals surface area contributed by atoms with Crippen molar-refractivity contribution in [1.29, 1.82) is 0 Å². The molecule has 0 saturated carbocycles. The van der Waals surface area contributed by atoms with Gasteiger partial charge in [-0.3, -0.25) is 9.71 Å². The van der Waals surface area contributed by atoms with E-state index >= 15 is 0 Å². The highest BCUT2D eigenvalue weighted by Gasteiger charge is 2.18. The molecule has 2 N–H and O–H groups in total. The van der Waals surface area contributed by atoms with Gasteiger partial charge in [0, 0.05) is 24.2 Å². The van der Waals surface area contributed by atoms with E-state index < -0.39 is 15.8 Å². The van der Waals surface area contributed by atoms with Crippen LogP contribution in [0.5, 0.6) is 0 Å². The second kappa shape index (κ2) is 4.96. The van der Waals surface area contributed by atoms with Crippen molar-refractivity contribution in [3.63, 3.8) is 0 Å². The first kappa shape index (κ1) is 14.5. The van der Waals surface area contributed by atoms with Crippen molar-refractivity contribution >= 4 is 32.5 Å². The number of H-pyrrole nitrogens is 1. The molecule has 3 heterocycles. The molecule has 0 aliphatic heterocycles. The van der Waals surface area contributed by atoms with Crippen molar-refractivity contribution in [1.82, 2.24) is 14.4 Å². The van der Waals surface area contributed by atoms with Crippen molar-refractivity contribution in [3.05, 3.63) is 59.0 Å². The Labute approximate surface area is 135 Å². The number of aromatic nitrogens is 3. The smallest absolute Gasteiger partial charge is 0.408 e. The summed E-state index contributed by atoms with van der Waals surface area (Å²) in [5.74, 6) is -0.631. The maximum Gasteiger partial charge on any atom is 0.417 e. The van der Waals surface area contributed by atoms with E-state index in [1.165, 1.54) is 18.2 Å². The van der Waals surface area contributed by atoms with Crippen molar-refractivity contribution < 1.29 is 12.8 Å². The Morgan fingerprint density at radius 1 is 1.25 bits per heavy atom. The van der Waals surface area contributed by atoms with Crippen LogP contribution in [0, 0.1) is 6.92 Å². The molecule has 0 fully saturated rings. The first-order valence-corrected chi connectivity index (χ1v) is 8.51. The zero-order valence-electron chi connectivity index (χ0n) is 12.5. The van der Waals surface area contributed by atoms with E-state index in [0.717, 1.165) is 5.65 Å². The molecule has 0 unspecified atom stereocenters. The number of hydrogen-bond donors (Lipinski definition) is 2. The summed E-state index contributed by atoms with van der Waals surface area (Å²) in [6.07, 6.45) is 3.39. The molecule has 122 valence electrons. The Bertz CT molecular complexity index is 1230. The lowest BCUT2D eigenvalue weighted by Crippen LogP contribution is -2.14. The number of sulfonamides is 1. The summed E-state index contributed by atoms with van der Waals surface area (Å²) < 4.78 is 34.5. The first-order valence-electron chi connectivity index (χ1n) is 7.02. The fourth-order valence-electron chi connectivity index (χ4n) is 2.53. The van der Waals surface area contributed by atoms with Crippen LogP contribution in [0.15, 0.2) is 56.8 Å². The second-order valence-electron chi connectivity index (χ2n) is 5.27. The van der Waals surface area contributed by atoms with Crippen LogP contribution in [-0.2, 0) is 10.0 Å². The Balaban J connectivity index is 1.77. The zero-order valence-corrected chi connectivity index (χ0v) is 13.3. The summed E-state index contributed by atoms with van der Waals surface area (Å²) in [4.78, 5) is 17.8. The fraction of sp³-hybridized carbons (Fsp3) is 0.0667. The molecule has 0 amide bonds. The number of nitrogens with zero attached hydrogens (tertiary/aromatic N) is 2. The standard InChI is InChI=1S/C15H12N4O4S/c1-9-11(4-5-14-16-6-7-19(9)14)18-24(21,22)10-2-3-12-13(8-10)23-15(20)17-12/h2-8,18H,1H3,(H,17,20). The zero-order chi connectivity index (χ0) is 16.9. The Kier molecular flexibility index (Phi) is 3.00. The molecule has 4 aromatic rings. The van der Waals surface area contributed by atoms with Crippen LogP contribution in [0.2, 0.25) is 0 Å². The highest BCUT2D eigenvalue weighted by Crippen LogP contribution is 2.22. The van der Waals surface area contributed by atoms with Gasteiger partial charge in [0.2, 0.25) is 0 Å². The molecule has 3 aromatic heterocycles. The van der Waals surface area contributed by atoms with Crippen LogP contribution < -0.4 is 10.5 Å². The first-order chi connectivity index (χ1) is 11.4. The Morgan fingerprint density at radius 2 is 2.08 bits per heavy atom. The number of aromatic amines is 1. The number of nitrogens with one attached hydrogen (secondary N) is 2. The molecule has 0 aliphatic carbocycles. The molecular formula is C15H12N4O4S. The molecule has 0 spiro atoms. The fourth-order valence-corrected chi connectivity index (χ4v) is 3.67. The number of pyridine rings is 1. The number of hydrogen-bond acceptors (Lipinski definition) is 5. The number of benzene rings is 1. The summed E-state index contributed by atoms with van der Waals surface area (Å²) >= 11 is 0. The van der Waals surface area contributed by atoms with Crippen LogP contribution in [0.3, 0.4) is 0 Å². The molecule has 1 aromatic carbocycles. The minimum absolute atomic E-state index is 0.00266. The van der Waals surface area contributed by atoms with Gasteiger partial charge in [0.1, 0.15) is 5.65 Å². The monoisotopic (exact) mass is 344 g/mol. The summed E-state index contributed by atoms with van der Waals surface area (Å²) in [7, 11) is -3.83. The number of oxazole rings is 1. The van der Waals surface area contributed by atoms with E-state index in [1.807, 2.05) is 0 Å². The van der Waals surface area contributed by atoms with Crippen LogP contribution in [0.1, 0.15) is 5.69 Å². The number of anilines is 1. The molecule has 9 heteroatoms. The third-order valence-electron chi connectivity index (χ3n) is 3.77. The highest BCUT2D eigenvalue weighted by atomic mass is 32.2. The van der Waals surface area contributed by atoms with E-state index in [9.17, 15) is 13.2 Å². The molecular weight excluding hydrogens is 332 g/mol. The predicted octanol–water partition coefficient (Wildman–Crippen LogP) is 1.88. The quantitative estimate of drug-likeness (QED) is 0.590. The van der Waals surface area contributed by atoms with Crippen LogP contribution in [-0.4, -0.2) is 22.8 Å². The van der Waals surface area contributed by atoms with Gasteiger partial charge in [-0.2, -0.15) is 0 Å². The molecule has 0 saturated heterocycles. The van der Waals surface area contributed by atoms with Crippen molar-refractivity contribution in [3.8, 4) is 0 Å². The van der Waals surface area contributed by atoms with E-state index in [4.69, 9.17) is 4.42 Å². The third-order valence-corrected chi connectivity index (χ3v) is 5.13. The van der Waals surface area contributed by atoms with Gasteiger partial charge in [0.05, 0.1) is 16.1 Å². The average molecular weight is 344 g/mol. The minimum Gasteiger partial charge on any atom is -0.408 e. The molecule has 0 bridgehead atoms. The minimum atomic E-state index is -3.83. The van der Waals surface area contributed by atoms with Crippen LogP contribution in [0.25, 0.3) is 16.7 Å². The lowest BCUT2D eigenvalue weighted by Gasteiger charge is -2.11. The molecule has 24 heavy (non-hydrogen) atoms. The van der Waals surface area contributed by atoms with E-state index in [0.29, 0.717) is 16.9 Å². The largest absolute Gasteiger partial charge is 0.417 e. The third kappa shape index (κ3) is 2.26. The van der Waals surface area contributed by atoms with E-state index in [1.54, 1.807) is 35.9 Å². The van der Waals surface area contributed by atoms with E-state index in [-0.39, 0.29) is 10.5 Å². The van der Waals surface area contributed by atoms with Crippen LogP contribution >= 0.6 is 0 Å². The molecule has 0 radical (unpaired) electrons. The second-order valence-corrected chi connectivity index (χ2v) is 6.95. The van der Waals surface area contributed by atoms with Crippen LogP contribution in [0.4, 0.5) is 5.69 Å². The molecule has 0 atom stereocenters. The SMILES string of the molecule is Cc1c(NS(=O)(=O)c2ccc3[nH]c(=O)oc3c2)ccc2nccn12. The van der Waals surface area contributed by atoms with Gasteiger partial charge in [-0.1, -0.05) is 0 Å². The number of rotatable bonds is 3. The highest BCUT2D eigenvalue weighted by molar-refractivity contribution is 7.92. The van der Waals surface area contributed by atoms with Gasteiger partial charge in [-0.05, 0) is 31.2 Å². The van der Waals surface area contributed by atoms with Crippen molar-refractivity contribution in [2.75, 3.05) is 4.72 Å². The summed E-state index contributed by atoms with van der Waals surface area (Å²) in [6, 6.07) is 7.58. The molecule has 8 nitrogen and oxygen atoms in total. The van der Waals surface area contributed by atoms with Gasteiger partial charge in [0.25, 0.3) is 10.0 Å². The van der Waals surface area contributed by atoms with Gasteiger partial charge < -0.3 is 8.82 Å². The Hall–Kier alpha value is -3.07. The summed E-state index contributed by atoms with van der Waals surface area (Å²) in [5.41, 5.74) is 2.50. The lowest BCUT2D eigenvalue weighted by molar-refractivity contribution is 0.554. The van der Waals surface area contributed by atoms with Gasteiger partial charge in [0.15, 0.2) is 5.58 Å². The lowest BCUT2D eigenvalue weighted by atomic mass is 10.3. The predicted molar refractivity (Wildman–Crippen MR) is 87.6 cm³/mol. The summed E-state index contributed by atoms with van der Waals surface area (Å²) in [6.45, 7) is 1.79. The van der Waals surface area contributed by atoms with Gasteiger partial charge in [-0.15, -0.1) is 0 Å². The topological polar surface area (TPSA) is 109 Å². The average Bonchev–Trinajstić information content (AvgIpc) is 3.14. The number of aryl methyl sites for hydroxylation is 1. The molecule has 0 aliphatic rings. The molecule has 4 rings (SSSR count).